The van der Waals surface area contributed by atoms with Crippen LogP contribution < -0.4 is 5.32 Å². The van der Waals surface area contributed by atoms with E-state index >= 15 is 0 Å². The Balaban J connectivity index is 1.98. The average Bonchev–Trinajstić information content (AvgIpc) is 2.85. The van der Waals surface area contributed by atoms with Crippen LogP contribution in [0.4, 0.5) is 4.39 Å². The second-order valence-electron chi connectivity index (χ2n) is 4.80. The highest BCUT2D eigenvalue weighted by molar-refractivity contribution is 6.31. The number of hydrogen-bond acceptors (Lipinski definition) is 2. The third-order valence-corrected chi connectivity index (χ3v) is 3.82. The van der Waals surface area contributed by atoms with E-state index in [0.29, 0.717) is 11.1 Å². The predicted octanol–water partition coefficient (Wildman–Crippen LogP) is 3.18. The monoisotopic (exact) mass is 271 g/mol. The fourth-order valence-electron chi connectivity index (χ4n) is 2.42. The zero-order chi connectivity index (χ0) is 13.0. The quantitative estimate of drug-likeness (QED) is 0.888. The molecule has 1 aromatic carbocycles. The number of rotatable bonds is 5. The van der Waals surface area contributed by atoms with E-state index in [-0.39, 0.29) is 11.9 Å². The molecule has 2 rings (SSSR count). The van der Waals surface area contributed by atoms with Gasteiger partial charge in [-0.05, 0) is 56.5 Å². The highest BCUT2D eigenvalue weighted by Gasteiger charge is 2.20. The molecule has 1 aromatic rings. The van der Waals surface area contributed by atoms with Crippen molar-refractivity contribution < 1.29 is 9.13 Å². The number of likely N-dealkylation sites (N-methyl/N-ethyl adjacent to an activating group) is 1. The third-order valence-electron chi connectivity index (χ3n) is 3.45. The number of hydrogen-bond donors (Lipinski definition) is 1. The topological polar surface area (TPSA) is 21.3 Å². The molecule has 1 N–H and O–H groups in total. The molecule has 0 aromatic heterocycles. The molecule has 1 aliphatic heterocycles. The van der Waals surface area contributed by atoms with Gasteiger partial charge in [-0.25, -0.2) is 4.39 Å². The molecule has 4 heteroatoms. The summed E-state index contributed by atoms with van der Waals surface area (Å²) in [5.41, 5.74) is 0.856. The van der Waals surface area contributed by atoms with Crippen LogP contribution >= 0.6 is 11.6 Å². The average molecular weight is 272 g/mol. The highest BCUT2D eigenvalue weighted by atomic mass is 35.5. The van der Waals surface area contributed by atoms with Crippen molar-refractivity contribution in [3.8, 4) is 0 Å². The normalized spacial score (nSPS) is 21.2. The number of nitrogens with one attached hydrogen (secondary N) is 1. The van der Waals surface area contributed by atoms with E-state index < -0.39 is 0 Å². The van der Waals surface area contributed by atoms with Crippen molar-refractivity contribution in [3.63, 3.8) is 0 Å². The van der Waals surface area contributed by atoms with Gasteiger partial charge in [0.15, 0.2) is 0 Å². The maximum Gasteiger partial charge on any atom is 0.123 e. The molecule has 2 nitrogen and oxygen atoms in total. The van der Waals surface area contributed by atoms with Crippen molar-refractivity contribution in [1.29, 1.82) is 0 Å². The van der Waals surface area contributed by atoms with Gasteiger partial charge < -0.3 is 10.1 Å². The largest absolute Gasteiger partial charge is 0.378 e. The Morgan fingerprint density at radius 2 is 2.39 bits per heavy atom. The molecule has 0 amide bonds. The summed E-state index contributed by atoms with van der Waals surface area (Å²) >= 11 is 6.09. The van der Waals surface area contributed by atoms with Gasteiger partial charge in [-0.1, -0.05) is 11.6 Å². The van der Waals surface area contributed by atoms with E-state index in [4.69, 9.17) is 16.3 Å². The van der Waals surface area contributed by atoms with Crippen molar-refractivity contribution in [2.45, 2.75) is 37.8 Å². The van der Waals surface area contributed by atoms with Crippen LogP contribution in [0.5, 0.6) is 0 Å². The van der Waals surface area contributed by atoms with Crippen LogP contribution in [0.1, 0.15) is 24.8 Å². The molecule has 0 bridgehead atoms. The lowest BCUT2D eigenvalue weighted by atomic mass is 9.99. The molecule has 100 valence electrons. The van der Waals surface area contributed by atoms with Gasteiger partial charge in [0, 0.05) is 17.7 Å². The van der Waals surface area contributed by atoms with Crippen molar-refractivity contribution in [2.75, 3.05) is 13.7 Å². The van der Waals surface area contributed by atoms with Gasteiger partial charge in [-0.3, -0.25) is 0 Å². The van der Waals surface area contributed by atoms with E-state index in [1.165, 1.54) is 12.1 Å². The first-order valence-corrected chi connectivity index (χ1v) is 6.79. The molecule has 1 saturated heterocycles. The summed E-state index contributed by atoms with van der Waals surface area (Å²) in [6.07, 6.45) is 4.27. The summed E-state index contributed by atoms with van der Waals surface area (Å²) in [6, 6.07) is 4.79. The van der Waals surface area contributed by atoms with Gasteiger partial charge in [0.25, 0.3) is 0 Å². The number of benzene rings is 1. The summed E-state index contributed by atoms with van der Waals surface area (Å²) in [7, 11) is 1.92. The van der Waals surface area contributed by atoms with E-state index in [2.05, 4.69) is 5.32 Å². The van der Waals surface area contributed by atoms with Crippen molar-refractivity contribution >= 4 is 11.6 Å². The van der Waals surface area contributed by atoms with Crippen LogP contribution in [-0.4, -0.2) is 25.8 Å². The fourth-order valence-corrected chi connectivity index (χ4v) is 2.61. The van der Waals surface area contributed by atoms with Gasteiger partial charge in [-0.15, -0.1) is 0 Å². The minimum Gasteiger partial charge on any atom is -0.378 e. The Hall–Kier alpha value is -0.640. The molecule has 0 saturated carbocycles. The molecular formula is C14H19ClFNO. The third kappa shape index (κ3) is 3.67. The Morgan fingerprint density at radius 1 is 1.56 bits per heavy atom. The smallest absolute Gasteiger partial charge is 0.123 e. The minimum absolute atomic E-state index is 0.235. The molecule has 1 fully saturated rings. The number of halogens is 2. The SMILES string of the molecule is CNC(Cc1cc(F)ccc1Cl)CC1CCCO1. The van der Waals surface area contributed by atoms with Crippen LogP contribution in [0.15, 0.2) is 18.2 Å². The van der Waals surface area contributed by atoms with E-state index in [1.807, 2.05) is 7.05 Å². The van der Waals surface area contributed by atoms with Crippen LogP contribution in [0.25, 0.3) is 0 Å². The molecule has 0 aliphatic carbocycles. The lowest BCUT2D eigenvalue weighted by Crippen LogP contribution is -2.31. The molecule has 0 spiro atoms. The van der Waals surface area contributed by atoms with Crippen molar-refractivity contribution in [1.82, 2.24) is 5.32 Å². The van der Waals surface area contributed by atoms with Gasteiger partial charge in [0.2, 0.25) is 0 Å². The Bertz CT molecular complexity index is 393. The molecule has 18 heavy (non-hydrogen) atoms. The van der Waals surface area contributed by atoms with Gasteiger partial charge >= 0.3 is 0 Å². The second-order valence-corrected chi connectivity index (χ2v) is 5.20. The molecule has 0 radical (unpaired) electrons. The van der Waals surface area contributed by atoms with Crippen LogP contribution in [0.3, 0.4) is 0 Å². The van der Waals surface area contributed by atoms with Crippen LogP contribution in [0.2, 0.25) is 5.02 Å². The molecule has 2 atom stereocenters. The van der Waals surface area contributed by atoms with Gasteiger partial charge in [0.05, 0.1) is 6.10 Å². The van der Waals surface area contributed by atoms with Crippen molar-refractivity contribution in [3.05, 3.63) is 34.6 Å². The number of ether oxygens (including phenoxy) is 1. The fraction of sp³-hybridized carbons (Fsp3) is 0.571. The standard InChI is InChI=1S/C14H19ClFNO/c1-17-12(9-13-3-2-6-18-13)8-10-7-11(16)4-5-14(10)15/h4-5,7,12-13,17H,2-3,6,8-9H2,1H3. The second kappa shape index (κ2) is 6.50. The van der Waals surface area contributed by atoms with Gasteiger partial charge in [-0.2, -0.15) is 0 Å². The molecule has 1 heterocycles. The zero-order valence-electron chi connectivity index (χ0n) is 10.6. The molecular weight excluding hydrogens is 253 g/mol. The maximum atomic E-state index is 13.2. The first-order valence-electron chi connectivity index (χ1n) is 6.42. The summed E-state index contributed by atoms with van der Waals surface area (Å²) < 4.78 is 18.8. The highest BCUT2D eigenvalue weighted by Crippen LogP contribution is 2.22. The lowest BCUT2D eigenvalue weighted by molar-refractivity contribution is 0.0954. The molecule has 1 aliphatic rings. The zero-order valence-corrected chi connectivity index (χ0v) is 11.3. The van der Waals surface area contributed by atoms with Crippen molar-refractivity contribution in [2.24, 2.45) is 0 Å². The summed E-state index contributed by atoms with van der Waals surface area (Å²) in [4.78, 5) is 0. The maximum absolute atomic E-state index is 13.2. The summed E-state index contributed by atoms with van der Waals surface area (Å²) in [5.74, 6) is -0.235. The van der Waals surface area contributed by atoms with E-state index in [9.17, 15) is 4.39 Å². The molecule has 2 unspecified atom stereocenters. The first kappa shape index (κ1) is 13.8. The summed E-state index contributed by atoms with van der Waals surface area (Å²) in [5, 5.41) is 3.89. The van der Waals surface area contributed by atoms with Crippen LogP contribution in [0, 0.1) is 5.82 Å². The minimum atomic E-state index is -0.235. The Labute approximate surface area is 112 Å². The first-order chi connectivity index (χ1) is 8.69. The van der Waals surface area contributed by atoms with Gasteiger partial charge in [0.1, 0.15) is 5.82 Å². The van der Waals surface area contributed by atoms with E-state index in [0.717, 1.165) is 37.9 Å². The Kier molecular flexibility index (Phi) is 4.98. The van der Waals surface area contributed by atoms with E-state index in [1.54, 1.807) is 6.07 Å². The summed E-state index contributed by atoms with van der Waals surface area (Å²) in [6.45, 7) is 0.863. The predicted molar refractivity (Wildman–Crippen MR) is 71.6 cm³/mol. The Morgan fingerprint density at radius 3 is 3.06 bits per heavy atom. The van der Waals surface area contributed by atoms with Crippen LogP contribution in [-0.2, 0) is 11.2 Å². The lowest BCUT2D eigenvalue weighted by Gasteiger charge is -2.20.